The molecular weight excluding hydrogens is 562 g/mol. The zero-order valence-electron chi connectivity index (χ0n) is 24.3. The van der Waals surface area contributed by atoms with Crippen molar-refractivity contribution in [1.82, 2.24) is 5.32 Å². The fourth-order valence-electron chi connectivity index (χ4n) is 3.99. The molecule has 0 aliphatic rings. The highest BCUT2D eigenvalue weighted by Crippen LogP contribution is 2.31. The van der Waals surface area contributed by atoms with Crippen LogP contribution < -0.4 is 25.4 Å². The largest absolute Gasteiger partial charge is 0.497 e. The number of carbonyl (C=O) groups is 3. The Labute approximate surface area is 255 Å². The van der Waals surface area contributed by atoms with Gasteiger partial charge in [-0.25, -0.2) is 0 Å². The highest BCUT2D eigenvalue weighted by Gasteiger charge is 2.18. The molecule has 4 rings (SSSR count). The molecule has 0 saturated heterocycles. The number of nitrogens with one attached hydrogen (secondary N) is 3. The predicted octanol–water partition coefficient (Wildman–Crippen LogP) is 6.54. The molecule has 220 valence electrons. The number of rotatable bonds is 11. The van der Waals surface area contributed by atoms with Crippen LogP contribution in [0.2, 0.25) is 0 Å². The van der Waals surface area contributed by atoms with Crippen LogP contribution in [0, 0.1) is 6.92 Å². The third-order valence-electron chi connectivity index (χ3n) is 6.38. The van der Waals surface area contributed by atoms with Crippen LogP contribution in [-0.4, -0.2) is 37.2 Å². The van der Waals surface area contributed by atoms with Crippen LogP contribution >= 0.6 is 11.8 Å². The number of thioether (sulfide) groups is 1. The molecule has 0 aliphatic carbocycles. The highest BCUT2D eigenvalue weighted by molar-refractivity contribution is 8.00. The molecule has 0 aromatic heterocycles. The Morgan fingerprint density at radius 2 is 1.51 bits per heavy atom. The van der Waals surface area contributed by atoms with Crippen molar-refractivity contribution in [3.05, 3.63) is 119 Å². The van der Waals surface area contributed by atoms with E-state index in [0.29, 0.717) is 28.4 Å². The molecule has 0 bridgehead atoms. The maximum Gasteiger partial charge on any atom is 0.272 e. The average Bonchev–Trinajstić information content (AvgIpc) is 3.02. The summed E-state index contributed by atoms with van der Waals surface area (Å²) in [6, 6.07) is 28.7. The van der Waals surface area contributed by atoms with E-state index >= 15 is 0 Å². The Morgan fingerprint density at radius 3 is 2.16 bits per heavy atom. The monoisotopic (exact) mass is 595 g/mol. The molecule has 4 aromatic carbocycles. The van der Waals surface area contributed by atoms with Crippen LogP contribution in [0.3, 0.4) is 0 Å². The smallest absolute Gasteiger partial charge is 0.272 e. The summed E-state index contributed by atoms with van der Waals surface area (Å²) in [6.45, 7) is 3.78. The summed E-state index contributed by atoms with van der Waals surface area (Å²) < 4.78 is 10.6. The number of methoxy groups -OCH3 is 2. The molecule has 0 fully saturated rings. The van der Waals surface area contributed by atoms with Crippen molar-refractivity contribution in [2.45, 2.75) is 24.0 Å². The second kappa shape index (κ2) is 14.7. The zero-order chi connectivity index (χ0) is 30.8. The van der Waals surface area contributed by atoms with Gasteiger partial charge in [0.15, 0.2) is 0 Å². The molecule has 3 N–H and O–H groups in total. The van der Waals surface area contributed by atoms with Crippen LogP contribution in [0.25, 0.3) is 6.08 Å². The number of hydrogen-bond donors (Lipinski definition) is 3. The molecule has 9 heteroatoms. The standard InChI is InChI=1S/C34H33N3O5S/c1-22-10-12-24(13-11-22)20-30(37-33(39)25-8-6-5-7-9-25)34(40)35-26-14-17-28(18-15-26)43-23(2)32(38)36-29-21-27(41-3)16-19-31(29)42-4/h5-21,23H,1-4H3,(H,35,40)(H,36,38)(H,37,39)/b30-20-. The first kappa shape index (κ1) is 30.9. The second-order valence-corrected chi connectivity index (χ2v) is 11.0. The molecular formula is C34H33N3O5S. The van der Waals surface area contributed by atoms with Crippen LogP contribution in [0.1, 0.15) is 28.4 Å². The lowest BCUT2D eigenvalue weighted by Gasteiger charge is -2.15. The molecule has 1 unspecified atom stereocenters. The molecule has 3 amide bonds. The third kappa shape index (κ3) is 8.73. The number of amides is 3. The van der Waals surface area contributed by atoms with Gasteiger partial charge >= 0.3 is 0 Å². The molecule has 0 aliphatic heterocycles. The number of anilines is 2. The van der Waals surface area contributed by atoms with Crippen molar-refractivity contribution < 1.29 is 23.9 Å². The molecule has 43 heavy (non-hydrogen) atoms. The minimum absolute atomic E-state index is 0.106. The highest BCUT2D eigenvalue weighted by atomic mass is 32.2. The first-order chi connectivity index (χ1) is 20.7. The van der Waals surface area contributed by atoms with E-state index in [1.807, 2.05) is 49.4 Å². The summed E-state index contributed by atoms with van der Waals surface area (Å²) in [5.74, 6) is 0.0756. The molecule has 0 spiro atoms. The fraction of sp³-hybridized carbons (Fsp3) is 0.147. The Morgan fingerprint density at radius 1 is 0.814 bits per heavy atom. The van der Waals surface area contributed by atoms with Crippen molar-refractivity contribution in [3.63, 3.8) is 0 Å². The van der Waals surface area contributed by atoms with E-state index in [1.54, 1.807) is 74.7 Å². The van der Waals surface area contributed by atoms with Gasteiger partial charge in [-0.15, -0.1) is 11.8 Å². The van der Waals surface area contributed by atoms with Gasteiger partial charge in [-0.1, -0.05) is 48.0 Å². The van der Waals surface area contributed by atoms with Crippen molar-refractivity contribution in [2.24, 2.45) is 0 Å². The van der Waals surface area contributed by atoms with Gasteiger partial charge in [0.2, 0.25) is 5.91 Å². The van der Waals surface area contributed by atoms with Gasteiger partial charge in [-0.05, 0) is 74.0 Å². The zero-order valence-corrected chi connectivity index (χ0v) is 25.2. The van der Waals surface area contributed by atoms with E-state index < -0.39 is 11.2 Å². The third-order valence-corrected chi connectivity index (χ3v) is 7.49. The lowest BCUT2D eigenvalue weighted by molar-refractivity contribution is -0.115. The van der Waals surface area contributed by atoms with Crippen molar-refractivity contribution in [1.29, 1.82) is 0 Å². The average molecular weight is 596 g/mol. The Kier molecular flexibility index (Phi) is 10.6. The van der Waals surface area contributed by atoms with Crippen LogP contribution in [-0.2, 0) is 9.59 Å². The predicted molar refractivity (Wildman–Crippen MR) is 172 cm³/mol. The number of carbonyl (C=O) groups excluding carboxylic acids is 3. The molecule has 1 atom stereocenters. The van der Waals surface area contributed by atoms with Gasteiger partial charge in [0.1, 0.15) is 17.2 Å². The van der Waals surface area contributed by atoms with Gasteiger partial charge in [0.25, 0.3) is 11.8 Å². The Balaban J connectivity index is 1.43. The van der Waals surface area contributed by atoms with E-state index in [1.165, 1.54) is 18.9 Å². The van der Waals surface area contributed by atoms with E-state index in [9.17, 15) is 14.4 Å². The molecule has 0 radical (unpaired) electrons. The summed E-state index contributed by atoms with van der Waals surface area (Å²) in [5.41, 5.74) is 3.46. The summed E-state index contributed by atoms with van der Waals surface area (Å²) in [5, 5.41) is 8.07. The number of aryl methyl sites for hydroxylation is 1. The van der Waals surface area contributed by atoms with Gasteiger partial charge < -0.3 is 25.4 Å². The summed E-state index contributed by atoms with van der Waals surface area (Å²) in [6.07, 6.45) is 1.64. The maximum atomic E-state index is 13.3. The topological polar surface area (TPSA) is 106 Å². The summed E-state index contributed by atoms with van der Waals surface area (Å²) in [7, 11) is 3.09. The van der Waals surface area contributed by atoms with E-state index in [-0.39, 0.29) is 17.5 Å². The first-order valence-corrected chi connectivity index (χ1v) is 14.4. The van der Waals surface area contributed by atoms with Crippen molar-refractivity contribution in [3.8, 4) is 11.5 Å². The van der Waals surface area contributed by atoms with Crippen LogP contribution in [0.4, 0.5) is 11.4 Å². The van der Waals surface area contributed by atoms with E-state index in [2.05, 4.69) is 16.0 Å². The Hall–Kier alpha value is -5.02. The first-order valence-electron chi connectivity index (χ1n) is 13.5. The SMILES string of the molecule is COc1ccc(OC)c(NC(=O)C(C)Sc2ccc(NC(=O)/C(=C/c3ccc(C)cc3)NC(=O)c3ccccc3)cc2)c1. The maximum absolute atomic E-state index is 13.3. The molecule has 0 heterocycles. The van der Waals surface area contributed by atoms with Gasteiger partial charge in [0, 0.05) is 22.2 Å². The quantitative estimate of drug-likeness (QED) is 0.134. The van der Waals surface area contributed by atoms with Gasteiger partial charge in [-0.3, -0.25) is 14.4 Å². The second-order valence-electron chi connectivity index (χ2n) is 9.58. The summed E-state index contributed by atoms with van der Waals surface area (Å²) in [4.78, 5) is 39.9. The summed E-state index contributed by atoms with van der Waals surface area (Å²) >= 11 is 1.37. The number of ether oxygens (including phenoxy) is 2. The molecule has 8 nitrogen and oxygen atoms in total. The van der Waals surface area contributed by atoms with Gasteiger partial charge in [0.05, 0.1) is 25.2 Å². The lowest BCUT2D eigenvalue weighted by atomic mass is 10.1. The minimum atomic E-state index is -0.467. The van der Waals surface area contributed by atoms with Crippen molar-refractivity contribution >= 4 is 46.9 Å². The normalized spacial score (nSPS) is 11.7. The molecule has 0 saturated carbocycles. The van der Waals surface area contributed by atoms with Crippen molar-refractivity contribution in [2.75, 3.05) is 24.9 Å². The van der Waals surface area contributed by atoms with Gasteiger partial charge in [-0.2, -0.15) is 0 Å². The molecule has 4 aromatic rings. The fourth-order valence-corrected chi connectivity index (χ4v) is 4.86. The van der Waals surface area contributed by atoms with Crippen LogP contribution in [0.15, 0.2) is 108 Å². The van der Waals surface area contributed by atoms with E-state index in [0.717, 1.165) is 16.0 Å². The Bertz CT molecular complexity index is 1600. The minimum Gasteiger partial charge on any atom is -0.497 e. The number of hydrogen-bond acceptors (Lipinski definition) is 6. The van der Waals surface area contributed by atoms with E-state index in [4.69, 9.17) is 9.47 Å². The van der Waals surface area contributed by atoms with Crippen LogP contribution in [0.5, 0.6) is 11.5 Å². The lowest BCUT2D eigenvalue weighted by Crippen LogP contribution is -2.30. The number of benzene rings is 4.